The number of nitrogens with zero attached hydrogens (tertiary/aromatic N) is 2. The molecule has 30 heavy (non-hydrogen) atoms. The van der Waals surface area contributed by atoms with Crippen LogP contribution in [0, 0.1) is 16.0 Å². The molecule has 1 saturated heterocycles. The molecule has 0 spiro atoms. The molecule has 1 aliphatic carbocycles. The number of carbonyl (C=O) groups is 3. The van der Waals surface area contributed by atoms with Gasteiger partial charge in [-0.1, -0.05) is 19.1 Å². The first kappa shape index (κ1) is 19.8. The molecule has 2 atom stereocenters. The van der Waals surface area contributed by atoms with Crippen LogP contribution >= 0.6 is 0 Å². The van der Waals surface area contributed by atoms with Gasteiger partial charge in [0, 0.05) is 48.8 Å². The average Bonchev–Trinajstić information content (AvgIpc) is 2.72. The molecule has 3 aliphatic rings. The number of methoxy groups -OCH3 is 1. The molecule has 1 fully saturated rings. The van der Waals surface area contributed by atoms with E-state index < -0.39 is 22.7 Å². The topological polar surface area (TPSA) is 119 Å². The second-order valence-electron chi connectivity index (χ2n) is 7.74. The van der Waals surface area contributed by atoms with E-state index in [1.807, 2.05) is 6.92 Å². The number of amides is 1. The molecule has 9 heteroatoms. The zero-order chi connectivity index (χ0) is 21.6. The Hall–Kier alpha value is -3.49. The fourth-order valence-electron chi connectivity index (χ4n) is 4.58. The highest BCUT2D eigenvalue weighted by molar-refractivity contribution is 6.09. The Morgan fingerprint density at radius 3 is 2.77 bits per heavy atom. The number of Topliss-reactive ketones (excluding diaryl/α,β-unsaturated/α-hetero) is 1. The summed E-state index contributed by atoms with van der Waals surface area (Å²) in [5.41, 5.74) is 1.59. The molecular formula is C21H21N3O6. The molecule has 1 N–H and O–H groups in total. The van der Waals surface area contributed by atoms with Crippen LogP contribution in [0.1, 0.15) is 31.2 Å². The van der Waals surface area contributed by atoms with Gasteiger partial charge in [0.25, 0.3) is 11.6 Å². The van der Waals surface area contributed by atoms with E-state index in [4.69, 9.17) is 4.74 Å². The van der Waals surface area contributed by atoms with Gasteiger partial charge in [0.15, 0.2) is 5.78 Å². The van der Waals surface area contributed by atoms with Crippen LogP contribution in [0.3, 0.4) is 0 Å². The average molecular weight is 411 g/mol. The van der Waals surface area contributed by atoms with Crippen molar-refractivity contribution in [2.24, 2.45) is 5.92 Å². The monoisotopic (exact) mass is 411 g/mol. The molecule has 1 aromatic carbocycles. The molecule has 156 valence electrons. The Morgan fingerprint density at radius 1 is 1.30 bits per heavy atom. The minimum absolute atomic E-state index is 0.0388. The van der Waals surface area contributed by atoms with Crippen molar-refractivity contribution in [2.45, 2.75) is 25.7 Å². The standard InChI is InChI=1S/C21H21N3O6/c1-11-8-14-17(15(25)9-11)16(12-4-3-5-13(10-12)24(28)29)18(21(27)30-2)19-20(26)22-6-7-23(14)19/h3-5,10-11,16H,6-9H2,1-2H3,(H,22,26)/t11-,16+/m0/s1. The summed E-state index contributed by atoms with van der Waals surface area (Å²) in [7, 11) is 1.21. The molecular weight excluding hydrogens is 390 g/mol. The van der Waals surface area contributed by atoms with Crippen molar-refractivity contribution in [1.82, 2.24) is 10.2 Å². The third-order valence-corrected chi connectivity index (χ3v) is 5.77. The van der Waals surface area contributed by atoms with Crippen molar-refractivity contribution in [1.29, 1.82) is 0 Å². The van der Waals surface area contributed by atoms with E-state index in [-0.39, 0.29) is 28.7 Å². The Balaban J connectivity index is 2.02. The number of hydrogen-bond donors (Lipinski definition) is 1. The molecule has 0 unspecified atom stereocenters. The molecule has 4 rings (SSSR count). The van der Waals surface area contributed by atoms with Crippen LogP contribution in [0.2, 0.25) is 0 Å². The van der Waals surface area contributed by atoms with Gasteiger partial charge in [-0.25, -0.2) is 4.79 Å². The molecule has 2 aliphatic heterocycles. The lowest BCUT2D eigenvalue weighted by Crippen LogP contribution is -2.50. The second-order valence-corrected chi connectivity index (χ2v) is 7.74. The molecule has 0 saturated carbocycles. The van der Waals surface area contributed by atoms with Crippen LogP contribution in [0.15, 0.2) is 46.8 Å². The maximum atomic E-state index is 13.2. The van der Waals surface area contributed by atoms with Gasteiger partial charge in [0.1, 0.15) is 5.70 Å². The predicted octanol–water partition coefficient (Wildman–Crippen LogP) is 1.80. The molecule has 0 bridgehead atoms. The molecule has 2 heterocycles. The van der Waals surface area contributed by atoms with E-state index in [0.29, 0.717) is 42.8 Å². The number of nitro groups is 1. The van der Waals surface area contributed by atoms with Gasteiger partial charge >= 0.3 is 5.97 Å². The number of carbonyl (C=O) groups excluding carboxylic acids is 3. The van der Waals surface area contributed by atoms with E-state index >= 15 is 0 Å². The first-order valence-corrected chi connectivity index (χ1v) is 9.72. The van der Waals surface area contributed by atoms with Crippen molar-refractivity contribution in [3.05, 3.63) is 62.5 Å². The largest absolute Gasteiger partial charge is 0.466 e. The van der Waals surface area contributed by atoms with E-state index in [2.05, 4.69) is 5.32 Å². The Bertz CT molecular complexity index is 1040. The summed E-state index contributed by atoms with van der Waals surface area (Å²) in [6.45, 7) is 2.78. The summed E-state index contributed by atoms with van der Waals surface area (Å²) in [4.78, 5) is 51.4. The Morgan fingerprint density at radius 2 is 2.07 bits per heavy atom. The van der Waals surface area contributed by atoms with E-state index in [9.17, 15) is 24.5 Å². The first-order valence-electron chi connectivity index (χ1n) is 9.72. The number of benzene rings is 1. The number of rotatable bonds is 3. The van der Waals surface area contributed by atoms with Gasteiger partial charge in [-0.15, -0.1) is 0 Å². The summed E-state index contributed by atoms with van der Waals surface area (Å²) in [5, 5.41) is 14.1. The molecule has 1 aromatic rings. The number of piperazine rings is 1. The van der Waals surface area contributed by atoms with Gasteiger partial charge < -0.3 is 15.0 Å². The number of esters is 1. The fraction of sp³-hybridized carbons (Fsp3) is 0.381. The quantitative estimate of drug-likeness (QED) is 0.458. The number of nitrogens with one attached hydrogen (secondary N) is 1. The number of ether oxygens (including phenoxy) is 1. The SMILES string of the molecule is COC(=O)C1=C2C(=O)NCCN2C2=C(C(=O)C[C@@H](C)C2)[C@H]1c1cccc([N+](=O)[O-])c1. The Labute approximate surface area is 172 Å². The van der Waals surface area contributed by atoms with Crippen LogP contribution in [-0.4, -0.2) is 47.7 Å². The Kier molecular flexibility index (Phi) is 4.89. The lowest BCUT2D eigenvalue weighted by molar-refractivity contribution is -0.384. The smallest absolute Gasteiger partial charge is 0.337 e. The number of fused-ring (bicyclic) bond motifs is 2. The third-order valence-electron chi connectivity index (χ3n) is 5.77. The highest BCUT2D eigenvalue weighted by Gasteiger charge is 2.47. The van der Waals surface area contributed by atoms with Gasteiger partial charge in [0.2, 0.25) is 0 Å². The lowest BCUT2D eigenvalue weighted by Gasteiger charge is -2.44. The second kappa shape index (κ2) is 7.40. The number of non-ortho nitro benzene ring substituents is 1. The van der Waals surface area contributed by atoms with E-state index in [1.54, 1.807) is 11.0 Å². The van der Waals surface area contributed by atoms with Crippen molar-refractivity contribution >= 4 is 23.3 Å². The van der Waals surface area contributed by atoms with Crippen LogP contribution in [0.25, 0.3) is 0 Å². The summed E-state index contributed by atoms with van der Waals surface area (Å²) < 4.78 is 4.98. The molecule has 0 radical (unpaired) electrons. The summed E-state index contributed by atoms with van der Waals surface area (Å²) in [5.74, 6) is -2.09. The van der Waals surface area contributed by atoms with Crippen LogP contribution in [0.5, 0.6) is 0 Å². The minimum atomic E-state index is -0.901. The minimum Gasteiger partial charge on any atom is -0.466 e. The highest BCUT2D eigenvalue weighted by Crippen LogP contribution is 2.48. The molecule has 1 amide bonds. The number of allylic oxidation sites excluding steroid dienone is 2. The fourth-order valence-corrected chi connectivity index (χ4v) is 4.58. The summed E-state index contributed by atoms with van der Waals surface area (Å²) in [6, 6.07) is 5.83. The van der Waals surface area contributed by atoms with Crippen molar-refractivity contribution in [2.75, 3.05) is 20.2 Å². The predicted molar refractivity (Wildman–Crippen MR) is 105 cm³/mol. The summed E-state index contributed by atoms with van der Waals surface area (Å²) in [6.07, 6.45) is 0.895. The van der Waals surface area contributed by atoms with Crippen molar-refractivity contribution in [3.8, 4) is 0 Å². The van der Waals surface area contributed by atoms with Gasteiger partial charge in [-0.2, -0.15) is 0 Å². The van der Waals surface area contributed by atoms with Gasteiger partial charge in [0.05, 0.1) is 17.6 Å². The maximum Gasteiger partial charge on any atom is 0.337 e. The van der Waals surface area contributed by atoms with Gasteiger partial charge in [-0.3, -0.25) is 19.7 Å². The normalized spacial score (nSPS) is 23.6. The maximum absolute atomic E-state index is 13.2. The van der Waals surface area contributed by atoms with E-state index in [0.717, 1.165) is 0 Å². The van der Waals surface area contributed by atoms with Crippen molar-refractivity contribution in [3.63, 3.8) is 0 Å². The highest BCUT2D eigenvalue weighted by atomic mass is 16.6. The number of nitro benzene ring substituents is 1. The number of hydrogen-bond acceptors (Lipinski definition) is 7. The van der Waals surface area contributed by atoms with E-state index in [1.165, 1.54) is 25.3 Å². The number of ketones is 1. The van der Waals surface area contributed by atoms with Crippen LogP contribution < -0.4 is 5.32 Å². The van der Waals surface area contributed by atoms with Crippen LogP contribution in [-0.2, 0) is 19.1 Å². The first-order chi connectivity index (χ1) is 14.3. The lowest BCUT2D eigenvalue weighted by atomic mass is 9.72. The molecule has 0 aromatic heterocycles. The zero-order valence-corrected chi connectivity index (χ0v) is 16.6. The molecule has 9 nitrogen and oxygen atoms in total. The summed E-state index contributed by atoms with van der Waals surface area (Å²) >= 11 is 0. The van der Waals surface area contributed by atoms with Crippen LogP contribution in [0.4, 0.5) is 5.69 Å². The zero-order valence-electron chi connectivity index (χ0n) is 16.6. The van der Waals surface area contributed by atoms with Gasteiger partial charge in [-0.05, 0) is 17.9 Å². The third kappa shape index (κ3) is 3.06. The van der Waals surface area contributed by atoms with Crippen molar-refractivity contribution < 1.29 is 24.0 Å².